The third-order valence-corrected chi connectivity index (χ3v) is 7.31. The molecule has 0 spiro atoms. The predicted molar refractivity (Wildman–Crippen MR) is 124 cm³/mol. The molecule has 0 radical (unpaired) electrons. The molecule has 35 heavy (non-hydrogen) atoms. The van der Waals surface area contributed by atoms with Crippen LogP contribution in [0.5, 0.6) is 0 Å². The van der Waals surface area contributed by atoms with Crippen LogP contribution in [0.4, 0.5) is 4.39 Å². The van der Waals surface area contributed by atoms with Gasteiger partial charge >= 0.3 is 17.9 Å². The number of halogens is 1. The maximum absolute atomic E-state index is 16.2. The predicted octanol–water partition coefficient (Wildman–Crippen LogP) is 3.27. The van der Waals surface area contributed by atoms with Gasteiger partial charge in [0.2, 0.25) is 5.95 Å². The minimum absolute atomic E-state index is 0.0555. The fourth-order valence-corrected chi connectivity index (χ4v) is 5.74. The van der Waals surface area contributed by atoms with Gasteiger partial charge in [0.15, 0.2) is 0 Å². The topological polar surface area (TPSA) is 116 Å². The zero-order chi connectivity index (χ0) is 26.6. The van der Waals surface area contributed by atoms with Crippen LogP contribution in [0.2, 0.25) is 0 Å². The van der Waals surface area contributed by atoms with Crippen LogP contribution in [0.25, 0.3) is 0 Å². The summed E-state index contributed by atoms with van der Waals surface area (Å²) in [6.45, 7) is 8.97. The number of benzene rings is 1. The molecule has 0 saturated carbocycles. The van der Waals surface area contributed by atoms with Gasteiger partial charge in [-0.1, -0.05) is 31.5 Å². The van der Waals surface area contributed by atoms with Crippen LogP contribution in [-0.4, -0.2) is 56.0 Å². The van der Waals surface area contributed by atoms with Crippen LogP contribution in [0, 0.1) is 18.8 Å². The zero-order valence-corrected chi connectivity index (χ0v) is 21.6. The molecule has 1 aliphatic rings. The van der Waals surface area contributed by atoms with Crippen molar-refractivity contribution in [1.29, 1.82) is 0 Å². The van der Waals surface area contributed by atoms with Crippen LogP contribution in [0.1, 0.15) is 46.6 Å². The smallest absolute Gasteiger partial charge is 0.345 e. The first-order valence-corrected chi connectivity index (χ1v) is 12.9. The third-order valence-electron chi connectivity index (χ3n) is 5.51. The van der Waals surface area contributed by atoms with Crippen LogP contribution in [0.15, 0.2) is 40.7 Å². The number of ether oxygens (including phenoxy) is 3. The molecule has 1 atom stereocenters. The van der Waals surface area contributed by atoms with Crippen LogP contribution < -0.4 is 0 Å². The molecule has 0 amide bonds. The molecule has 0 aliphatic carbocycles. The number of hydrogen-bond donors (Lipinski definition) is 0. The van der Waals surface area contributed by atoms with Gasteiger partial charge in [-0.25, -0.2) is 27.1 Å². The van der Waals surface area contributed by atoms with E-state index in [4.69, 9.17) is 14.2 Å². The molecule has 0 fully saturated rings. The Hall–Kier alpha value is -2.95. The Balaban J connectivity index is 3.01. The van der Waals surface area contributed by atoms with E-state index in [1.165, 1.54) is 45.0 Å². The van der Waals surface area contributed by atoms with Gasteiger partial charge in [-0.2, -0.15) is 4.39 Å². The molecule has 1 aromatic carbocycles. The highest BCUT2D eigenvalue weighted by Gasteiger charge is 2.70. The Morgan fingerprint density at radius 2 is 1.46 bits per heavy atom. The van der Waals surface area contributed by atoms with Crippen molar-refractivity contribution in [1.82, 2.24) is 4.31 Å². The minimum Gasteiger partial charge on any atom is -0.464 e. The van der Waals surface area contributed by atoms with E-state index < -0.39 is 50.9 Å². The van der Waals surface area contributed by atoms with Crippen molar-refractivity contribution < 1.29 is 41.4 Å². The third kappa shape index (κ3) is 5.05. The van der Waals surface area contributed by atoms with E-state index in [2.05, 4.69) is 0 Å². The first-order chi connectivity index (χ1) is 16.4. The summed E-state index contributed by atoms with van der Waals surface area (Å²) < 4.78 is 59.2. The van der Waals surface area contributed by atoms with E-state index in [1.807, 2.05) is 0 Å². The second-order valence-electron chi connectivity index (χ2n) is 8.40. The van der Waals surface area contributed by atoms with Crippen molar-refractivity contribution in [3.05, 3.63) is 41.4 Å². The average Bonchev–Trinajstić information content (AvgIpc) is 3.03. The highest BCUT2D eigenvalue weighted by atomic mass is 32.2. The Morgan fingerprint density at radius 1 is 0.971 bits per heavy atom. The van der Waals surface area contributed by atoms with Crippen LogP contribution in [0.3, 0.4) is 0 Å². The van der Waals surface area contributed by atoms with E-state index in [0.29, 0.717) is 0 Å². The fraction of sp³-hybridized carbons (Fsp3) is 0.542. The number of carbonyl (C=O) groups is 3. The van der Waals surface area contributed by atoms with E-state index in [1.54, 1.807) is 20.8 Å². The van der Waals surface area contributed by atoms with Gasteiger partial charge in [-0.05, 0) is 52.2 Å². The molecule has 2 rings (SSSR count). The van der Waals surface area contributed by atoms with Crippen LogP contribution >= 0.6 is 0 Å². The molecule has 1 heterocycles. The second-order valence-corrected chi connectivity index (χ2v) is 10.2. The largest absolute Gasteiger partial charge is 0.464 e. The maximum atomic E-state index is 16.2. The van der Waals surface area contributed by atoms with Gasteiger partial charge in [0.05, 0.1) is 30.3 Å². The number of esters is 3. The summed E-state index contributed by atoms with van der Waals surface area (Å²) in [4.78, 5) is 39.5. The molecule has 0 bridgehead atoms. The molecular weight excluding hydrogens is 481 g/mol. The summed E-state index contributed by atoms with van der Waals surface area (Å²) in [6.07, 6.45) is -0.112. The summed E-state index contributed by atoms with van der Waals surface area (Å²) >= 11 is 0. The maximum Gasteiger partial charge on any atom is 0.345 e. The standard InChI is InChI=1S/C24H32FNO8S/c1-7-32-21(27)19-18(14-15(4)5)24(22(28)33-8-2,23(29)34-9-3)26(20(19)25)35(30,31)17-12-10-16(6)11-13-17/h10-13,15,18H,7-9,14H2,1-6H3. The summed E-state index contributed by atoms with van der Waals surface area (Å²) in [5, 5.41) is 0. The van der Waals surface area contributed by atoms with Crippen molar-refractivity contribution in [2.75, 3.05) is 19.8 Å². The SMILES string of the molecule is CCOC(=O)C1=C(F)N(S(=O)(=O)c2ccc(C)cc2)C(C(=O)OCC)(C(=O)OCC)C1CC(C)C. The lowest BCUT2D eigenvalue weighted by molar-refractivity contribution is -0.173. The summed E-state index contributed by atoms with van der Waals surface area (Å²) in [5.74, 6) is -7.27. The van der Waals surface area contributed by atoms with Crippen molar-refractivity contribution >= 4 is 27.9 Å². The first kappa shape index (κ1) is 28.3. The minimum atomic E-state index is -4.90. The van der Waals surface area contributed by atoms with E-state index >= 15 is 4.39 Å². The lowest BCUT2D eigenvalue weighted by Gasteiger charge is -2.38. The monoisotopic (exact) mass is 513 g/mol. The number of carbonyl (C=O) groups excluding carboxylic acids is 3. The van der Waals surface area contributed by atoms with Gasteiger partial charge < -0.3 is 14.2 Å². The molecular formula is C24H32FNO8S. The van der Waals surface area contributed by atoms with E-state index in [9.17, 15) is 22.8 Å². The number of sulfonamides is 1. The Bertz CT molecular complexity index is 1080. The molecule has 0 aromatic heterocycles. The molecule has 0 saturated heterocycles. The molecule has 9 nitrogen and oxygen atoms in total. The Kier molecular flexibility index (Phi) is 9.05. The second kappa shape index (κ2) is 11.2. The quantitative estimate of drug-likeness (QED) is 0.203. The van der Waals surface area contributed by atoms with E-state index in [-0.39, 0.29) is 41.4 Å². The molecule has 1 unspecified atom stereocenters. The van der Waals surface area contributed by atoms with Gasteiger partial charge in [-0.3, -0.25) is 0 Å². The summed E-state index contributed by atoms with van der Waals surface area (Å²) in [5.41, 5.74) is -2.84. The highest BCUT2D eigenvalue weighted by Crippen LogP contribution is 2.50. The van der Waals surface area contributed by atoms with E-state index in [0.717, 1.165) is 5.56 Å². The Labute approximate surface area is 205 Å². The van der Waals surface area contributed by atoms with Gasteiger partial charge in [0, 0.05) is 5.92 Å². The van der Waals surface area contributed by atoms with Gasteiger partial charge in [-0.15, -0.1) is 0 Å². The molecule has 1 aromatic rings. The molecule has 194 valence electrons. The molecule has 0 N–H and O–H groups in total. The fourth-order valence-electron chi connectivity index (χ4n) is 4.08. The number of hydrogen-bond acceptors (Lipinski definition) is 8. The first-order valence-electron chi connectivity index (χ1n) is 11.4. The number of aryl methyl sites for hydroxylation is 1. The van der Waals surface area contributed by atoms with Crippen molar-refractivity contribution in [2.45, 2.75) is 58.4 Å². The summed E-state index contributed by atoms with van der Waals surface area (Å²) in [7, 11) is -4.90. The normalized spacial score (nSPS) is 17.5. The number of nitrogens with zero attached hydrogens (tertiary/aromatic N) is 1. The molecule has 11 heteroatoms. The number of rotatable bonds is 10. The van der Waals surface area contributed by atoms with Crippen molar-refractivity contribution in [3.8, 4) is 0 Å². The average molecular weight is 514 g/mol. The summed E-state index contributed by atoms with van der Waals surface area (Å²) in [6, 6.07) is 5.41. The lowest BCUT2D eigenvalue weighted by Crippen LogP contribution is -2.64. The van der Waals surface area contributed by atoms with Crippen molar-refractivity contribution in [2.24, 2.45) is 11.8 Å². The van der Waals surface area contributed by atoms with Crippen LogP contribution in [-0.2, 0) is 38.6 Å². The van der Waals surface area contributed by atoms with Crippen molar-refractivity contribution in [3.63, 3.8) is 0 Å². The lowest BCUT2D eigenvalue weighted by atomic mass is 9.76. The zero-order valence-electron chi connectivity index (χ0n) is 20.8. The highest BCUT2D eigenvalue weighted by molar-refractivity contribution is 7.89. The van der Waals surface area contributed by atoms with Gasteiger partial charge in [0.1, 0.15) is 0 Å². The molecule has 1 aliphatic heterocycles. The van der Waals surface area contributed by atoms with Gasteiger partial charge in [0.25, 0.3) is 15.6 Å². The Morgan fingerprint density at radius 3 is 1.89 bits per heavy atom.